The number of methoxy groups -OCH3 is 1. The average molecular weight is 652 g/mol. The number of carbonyl (C=O) groups is 1. The molecule has 1 saturated carbocycles. The third kappa shape index (κ3) is 5.24. The van der Waals surface area contributed by atoms with Crippen molar-refractivity contribution in [3.8, 4) is 0 Å². The number of aliphatic hydroxyl groups excluding tert-OH is 1. The van der Waals surface area contributed by atoms with Gasteiger partial charge in [-0.05, 0) is 73.0 Å². The lowest BCUT2D eigenvalue weighted by molar-refractivity contribution is -0.141. The van der Waals surface area contributed by atoms with E-state index in [2.05, 4.69) is 78.7 Å². The van der Waals surface area contributed by atoms with Crippen LogP contribution < -0.4 is 21.3 Å². The minimum atomic E-state index is -0.267. The number of carbonyl (C=O) groups excluding carboxylic acids is 1. The molecule has 8 bridgehead atoms. The van der Waals surface area contributed by atoms with Crippen LogP contribution in [0.4, 0.5) is 0 Å². The second-order valence-corrected chi connectivity index (χ2v) is 16.6. The summed E-state index contributed by atoms with van der Waals surface area (Å²) >= 11 is 4.30. The van der Waals surface area contributed by atoms with E-state index >= 15 is 0 Å². The normalized spacial score (nSPS) is 55.3. The first-order chi connectivity index (χ1) is 20.1. The van der Waals surface area contributed by atoms with Crippen molar-refractivity contribution in [2.24, 2.45) is 53.3 Å². The number of hydrogen-bond acceptors (Lipinski definition) is 7. The first-order valence-electron chi connectivity index (χ1n) is 17.5. The Balaban J connectivity index is 1.36. The molecule has 0 amide bonds. The first kappa shape index (κ1) is 31.7. The summed E-state index contributed by atoms with van der Waals surface area (Å²) in [5.74, 6) is 4.41. The van der Waals surface area contributed by atoms with E-state index in [1.165, 1.54) is 26.4 Å². The Kier molecular flexibility index (Phi) is 9.45. The van der Waals surface area contributed by atoms with E-state index in [1.807, 2.05) is 0 Å². The molecule has 5 heterocycles. The van der Waals surface area contributed by atoms with E-state index in [0.29, 0.717) is 107 Å². The number of fused-ring (bicyclic) bond motifs is 8. The molecule has 8 heteroatoms. The van der Waals surface area contributed by atoms with Crippen LogP contribution in [0.3, 0.4) is 0 Å². The van der Waals surface area contributed by atoms with Gasteiger partial charge in [-0.3, -0.25) is 4.79 Å². The Hall–Kier alpha value is -0.250. The van der Waals surface area contributed by atoms with Crippen molar-refractivity contribution in [2.75, 3.05) is 7.11 Å². The fourth-order valence-electron chi connectivity index (χ4n) is 11.7. The minimum Gasteiger partial charge on any atom is -0.469 e. The van der Waals surface area contributed by atoms with Crippen molar-refractivity contribution in [2.45, 2.75) is 146 Å². The zero-order valence-electron chi connectivity index (χ0n) is 27.1. The van der Waals surface area contributed by atoms with Crippen LogP contribution in [0.5, 0.6) is 0 Å². The number of alkyl halides is 1. The average Bonchev–Trinajstić information content (AvgIpc) is 3.72. The smallest absolute Gasteiger partial charge is 0.305 e. The Morgan fingerprint density at radius 3 is 1.98 bits per heavy atom. The van der Waals surface area contributed by atoms with E-state index in [4.69, 9.17) is 4.74 Å². The Morgan fingerprint density at radius 2 is 1.31 bits per heavy atom. The molecule has 5 saturated heterocycles. The molecule has 19 atom stereocenters. The van der Waals surface area contributed by atoms with Crippen molar-refractivity contribution in [1.29, 1.82) is 0 Å². The van der Waals surface area contributed by atoms with Crippen LogP contribution in [0.15, 0.2) is 0 Å². The number of nitrogens with one attached hydrogen (secondary N) is 4. The zero-order chi connectivity index (χ0) is 30.0. The largest absolute Gasteiger partial charge is 0.469 e. The van der Waals surface area contributed by atoms with E-state index in [0.717, 1.165) is 19.3 Å². The Morgan fingerprint density at radius 1 is 0.738 bits per heavy atom. The SMILES string of the molecule is CCC1C2CC3NC4C(CC(O)C4C3C)C3NC(C(Br)C4NC(CC(N2)C1C)C(CC)C4C)[C@@H](C)[C@@H]3CCC(=O)OC. The molecule has 0 aromatic rings. The van der Waals surface area contributed by atoms with E-state index < -0.39 is 0 Å². The van der Waals surface area contributed by atoms with Gasteiger partial charge in [0.25, 0.3) is 0 Å². The third-order valence-electron chi connectivity index (χ3n) is 14.0. The molecule has 42 heavy (non-hydrogen) atoms. The molecular weight excluding hydrogens is 592 g/mol. The number of halogens is 1. The van der Waals surface area contributed by atoms with Crippen molar-refractivity contribution in [1.82, 2.24) is 21.3 Å². The number of hydrogen-bond donors (Lipinski definition) is 5. The summed E-state index contributed by atoms with van der Waals surface area (Å²) in [5, 5.41) is 28.3. The lowest BCUT2D eigenvalue weighted by atomic mass is 9.76. The molecule has 0 radical (unpaired) electrons. The van der Waals surface area contributed by atoms with Gasteiger partial charge in [-0.25, -0.2) is 0 Å². The van der Waals surface area contributed by atoms with Gasteiger partial charge in [-0.2, -0.15) is 0 Å². The first-order valence-corrected chi connectivity index (χ1v) is 18.4. The van der Waals surface area contributed by atoms with Crippen molar-refractivity contribution in [3.63, 3.8) is 0 Å². The molecule has 1 aliphatic carbocycles. The Labute approximate surface area is 263 Å². The van der Waals surface area contributed by atoms with Gasteiger partial charge in [-0.15, -0.1) is 0 Å². The molecule has 240 valence electrons. The van der Waals surface area contributed by atoms with Gasteiger partial charge in [0.2, 0.25) is 0 Å². The van der Waals surface area contributed by atoms with Crippen LogP contribution >= 0.6 is 15.9 Å². The summed E-state index contributed by atoms with van der Waals surface area (Å²) < 4.78 is 5.08. The molecule has 0 spiro atoms. The van der Waals surface area contributed by atoms with Crippen LogP contribution in [-0.2, 0) is 9.53 Å². The summed E-state index contributed by atoms with van der Waals surface area (Å²) in [5.41, 5.74) is 0. The van der Waals surface area contributed by atoms with Crippen molar-refractivity contribution >= 4 is 21.9 Å². The van der Waals surface area contributed by atoms with Crippen LogP contribution in [0.1, 0.15) is 86.5 Å². The molecule has 6 rings (SSSR count). The predicted octanol–water partition coefficient (Wildman–Crippen LogP) is 4.07. The number of ether oxygens (including phenoxy) is 1. The van der Waals surface area contributed by atoms with Crippen LogP contribution in [-0.4, -0.2) is 77.5 Å². The second kappa shape index (κ2) is 12.5. The topological polar surface area (TPSA) is 94.6 Å². The van der Waals surface area contributed by atoms with Crippen molar-refractivity contribution in [3.05, 3.63) is 0 Å². The van der Waals surface area contributed by atoms with Crippen LogP contribution in [0, 0.1) is 53.3 Å². The highest BCUT2D eigenvalue weighted by molar-refractivity contribution is 9.09. The summed E-state index contributed by atoms with van der Waals surface area (Å²) in [7, 11) is 1.50. The van der Waals surface area contributed by atoms with Gasteiger partial charge in [0.05, 0.1) is 13.2 Å². The number of rotatable bonds is 5. The van der Waals surface area contributed by atoms with Gasteiger partial charge in [-0.1, -0.05) is 70.3 Å². The highest BCUT2D eigenvalue weighted by Gasteiger charge is 2.59. The van der Waals surface area contributed by atoms with Gasteiger partial charge in [0.15, 0.2) is 0 Å². The molecule has 6 aliphatic rings. The van der Waals surface area contributed by atoms with Gasteiger partial charge < -0.3 is 31.1 Å². The Bertz CT molecular complexity index is 971. The maximum atomic E-state index is 12.3. The van der Waals surface area contributed by atoms with Crippen LogP contribution in [0.25, 0.3) is 0 Å². The summed E-state index contributed by atoms with van der Waals surface area (Å²) in [6.45, 7) is 14.5. The van der Waals surface area contributed by atoms with E-state index in [-0.39, 0.29) is 18.1 Å². The summed E-state index contributed by atoms with van der Waals surface area (Å²) in [6, 6.07) is 3.33. The molecule has 0 aromatic carbocycles. The van der Waals surface area contributed by atoms with Gasteiger partial charge >= 0.3 is 5.97 Å². The minimum absolute atomic E-state index is 0.114. The third-order valence-corrected chi connectivity index (χ3v) is 15.1. The molecular formula is C34H59BrN4O3. The molecule has 6 fully saturated rings. The molecule has 17 unspecified atom stereocenters. The van der Waals surface area contributed by atoms with E-state index in [1.54, 1.807) is 0 Å². The van der Waals surface area contributed by atoms with Crippen LogP contribution in [0.2, 0.25) is 0 Å². The van der Waals surface area contributed by atoms with E-state index in [9.17, 15) is 9.90 Å². The molecule has 7 nitrogen and oxygen atoms in total. The maximum Gasteiger partial charge on any atom is 0.305 e. The van der Waals surface area contributed by atoms with Gasteiger partial charge in [0, 0.05) is 65.5 Å². The maximum absolute atomic E-state index is 12.3. The molecule has 0 aromatic heterocycles. The quantitative estimate of drug-likeness (QED) is 0.226. The fraction of sp³-hybridized carbons (Fsp3) is 0.971. The van der Waals surface area contributed by atoms with Crippen molar-refractivity contribution < 1.29 is 14.6 Å². The summed E-state index contributed by atoms with van der Waals surface area (Å²) in [6.07, 6.45) is 6.65. The van der Waals surface area contributed by atoms with Gasteiger partial charge in [0.1, 0.15) is 0 Å². The highest BCUT2D eigenvalue weighted by Crippen LogP contribution is 2.51. The predicted molar refractivity (Wildman–Crippen MR) is 171 cm³/mol. The number of aliphatic hydroxyl groups is 1. The fourth-order valence-corrected chi connectivity index (χ4v) is 13.0. The molecule has 5 aliphatic heterocycles. The lowest BCUT2D eigenvalue weighted by Crippen LogP contribution is -2.52. The highest BCUT2D eigenvalue weighted by atomic mass is 79.9. The standard InChI is InChI=1S/C34H59BrN4O3/c1-8-19-15(3)23-13-26-20(9-2)16(4)31(38-26)30(35)32-17(5)21(10-11-28(41)42-7)33(39-32)22-12-27(40)29-18(6)24(37-34(22)29)14-25(19)36-23/h15-27,29-34,36-40H,8-14H2,1-7H3/t15?,16?,17-,18?,19?,20?,21-,22?,23?,24?,25?,26?,27?,29?,30?,31?,32?,33?,34?/m0/s1. The second-order valence-electron chi connectivity index (χ2n) is 15.5. The number of esters is 1. The molecule has 5 N–H and O–H groups in total. The summed E-state index contributed by atoms with van der Waals surface area (Å²) in [4.78, 5) is 12.6. The zero-order valence-corrected chi connectivity index (χ0v) is 28.6. The lowest BCUT2D eigenvalue weighted by Gasteiger charge is -2.33. The monoisotopic (exact) mass is 650 g/mol.